The molecule has 0 spiro atoms. The summed E-state index contributed by atoms with van der Waals surface area (Å²) < 4.78 is 13.8. The minimum Gasteiger partial charge on any atom is -0.390 e. The number of alkyl halides is 1. The monoisotopic (exact) mass is 341 g/mol. The van der Waals surface area contributed by atoms with Gasteiger partial charge in [-0.1, -0.05) is 23.7 Å². The van der Waals surface area contributed by atoms with Crippen molar-refractivity contribution < 1.29 is 14.3 Å². The van der Waals surface area contributed by atoms with Crippen LogP contribution < -0.4 is 5.32 Å². The molecule has 2 aromatic rings. The number of carbonyl (C=O) groups excluding carboxylic acids is 1. The molecule has 0 saturated carbocycles. The van der Waals surface area contributed by atoms with Crippen molar-refractivity contribution in [2.45, 2.75) is 6.10 Å². The highest BCUT2D eigenvalue weighted by Crippen LogP contribution is 2.24. The van der Waals surface area contributed by atoms with Gasteiger partial charge in [0.15, 0.2) is 5.78 Å². The number of halogens is 3. The van der Waals surface area contributed by atoms with Gasteiger partial charge in [-0.05, 0) is 30.3 Å². The van der Waals surface area contributed by atoms with Gasteiger partial charge in [-0.2, -0.15) is 0 Å². The van der Waals surface area contributed by atoms with Crippen molar-refractivity contribution in [1.29, 1.82) is 0 Å². The summed E-state index contributed by atoms with van der Waals surface area (Å²) in [4.78, 5) is 12.5. The summed E-state index contributed by atoms with van der Waals surface area (Å²) in [5.41, 5.74) is 0.659. The summed E-state index contributed by atoms with van der Waals surface area (Å²) in [5.74, 6) is -1.01. The average molecular weight is 342 g/mol. The Labute approximate surface area is 137 Å². The minimum absolute atomic E-state index is 0.0364. The van der Waals surface area contributed by atoms with E-state index in [0.717, 1.165) is 0 Å². The van der Waals surface area contributed by atoms with E-state index in [1.807, 2.05) is 0 Å². The zero-order chi connectivity index (χ0) is 16.1. The maximum absolute atomic E-state index is 13.8. The molecule has 2 rings (SSSR count). The number of anilines is 1. The molecule has 0 heterocycles. The number of ketones is 1. The van der Waals surface area contributed by atoms with Crippen LogP contribution in [0, 0.1) is 5.82 Å². The lowest BCUT2D eigenvalue weighted by Crippen LogP contribution is -2.22. The molecule has 2 aromatic carbocycles. The Bertz CT molecular complexity index is 679. The third-order valence-electron chi connectivity index (χ3n) is 3.05. The van der Waals surface area contributed by atoms with Crippen LogP contribution in [0.1, 0.15) is 15.9 Å². The molecule has 0 aliphatic rings. The molecule has 0 fully saturated rings. The number of rotatable bonds is 6. The summed E-state index contributed by atoms with van der Waals surface area (Å²) in [6.07, 6.45) is -0.756. The summed E-state index contributed by atoms with van der Waals surface area (Å²) in [6.45, 7) is 0.169. The molecule has 0 bridgehead atoms. The molecule has 22 heavy (non-hydrogen) atoms. The van der Waals surface area contributed by atoms with Crippen molar-refractivity contribution in [1.82, 2.24) is 0 Å². The van der Waals surface area contributed by atoms with Crippen molar-refractivity contribution in [3.63, 3.8) is 0 Å². The fourth-order valence-corrected chi connectivity index (χ4v) is 2.21. The van der Waals surface area contributed by atoms with Gasteiger partial charge < -0.3 is 10.4 Å². The fraction of sp³-hybridized carbons (Fsp3) is 0.188. The third-order valence-corrected chi connectivity index (χ3v) is 3.64. The molecule has 0 radical (unpaired) electrons. The number of hydrogen-bond donors (Lipinski definition) is 2. The average Bonchev–Trinajstić information content (AvgIpc) is 2.53. The van der Waals surface area contributed by atoms with Gasteiger partial charge in [0.2, 0.25) is 0 Å². The van der Waals surface area contributed by atoms with Crippen LogP contribution in [0.3, 0.4) is 0 Å². The second-order valence-electron chi connectivity index (χ2n) is 4.69. The normalized spacial score (nSPS) is 12.0. The maximum atomic E-state index is 13.8. The van der Waals surface area contributed by atoms with E-state index in [0.29, 0.717) is 10.7 Å². The smallest absolute Gasteiger partial charge is 0.198 e. The van der Waals surface area contributed by atoms with E-state index in [1.165, 1.54) is 24.3 Å². The second-order valence-corrected chi connectivity index (χ2v) is 5.43. The van der Waals surface area contributed by atoms with E-state index in [1.54, 1.807) is 18.2 Å². The van der Waals surface area contributed by atoms with Crippen LogP contribution >= 0.6 is 23.2 Å². The van der Waals surface area contributed by atoms with Crippen LogP contribution in [0.5, 0.6) is 0 Å². The van der Waals surface area contributed by atoms with E-state index in [2.05, 4.69) is 5.32 Å². The first kappa shape index (κ1) is 16.7. The van der Waals surface area contributed by atoms with Crippen molar-refractivity contribution in [3.8, 4) is 0 Å². The molecule has 116 valence electrons. The number of aliphatic hydroxyl groups is 1. The lowest BCUT2D eigenvalue weighted by molar-refractivity contribution is 0.103. The van der Waals surface area contributed by atoms with E-state index in [4.69, 9.17) is 23.2 Å². The predicted octanol–water partition coefficient (Wildman–Crippen LogP) is 3.72. The van der Waals surface area contributed by atoms with Gasteiger partial charge >= 0.3 is 0 Å². The van der Waals surface area contributed by atoms with E-state index >= 15 is 0 Å². The minimum atomic E-state index is -0.756. The van der Waals surface area contributed by atoms with Crippen LogP contribution in [-0.2, 0) is 0 Å². The quantitative estimate of drug-likeness (QED) is 0.621. The third kappa shape index (κ3) is 3.97. The van der Waals surface area contributed by atoms with Crippen molar-refractivity contribution in [3.05, 3.63) is 64.4 Å². The van der Waals surface area contributed by atoms with E-state index in [9.17, 15) is 14.3 Å². The molecule has 0 saturated heterocycles. The largest absolute Gasteiger partial charge is 0.390 e. The van der Waals surface area contributed by atoms with Gasteiger partial charge in [0.05, 0.1) is 17.5 Å². The molecule has 0 aliphatic heterocycles. The number of carbonyl (C=O) groups is 1. The zero-order valence-corrected chi connectivity index (χ0v) is 13.0. The Balaban J connectivity index is 2.35. The van der Waals surface area contributed by atoms with Gasteiger partial charge in [0.25, 0.3) is 0 Å². The molecule has 1 unspecified atom stereocenters. The van der Waals surface area contributed by atoms with Crippen LogP contribution in [0.15, 0.2) is 42.5 Å². The topological polar surface area (TPSA) is 49.3 Å². The van der Waals surface area contributed by atoms with Crippen LogP contribution in [0.4, 0.5) is 10.1 Å². The van der Waals surface area contributed by atoms with Crippen LogP contribution in [0.25, 0.3) is 0 Å². The molecule has 1 atom stereocenters. The number of hydrogen-bond acceptors (Lipinski definition) is 3. The SMILES string of the molecule is O=C(c1ccccc1F)c1cc(Cl)ccc1NCC(O)CCl. The number of aliphatic hydroxyl groups excluding tert-OH is 1. The standard InChI is InChI=1S/C16H14Cl2FNO2/c17-8-11(21)9-20-15-6-5-10(18)7-13(15)16(22)12-3-1-2-4-14(12)19/h1-7,11,20-21H,8-9H2. The zero-order valence-electron chi connectivity index (χ0n) is 11.5. The van der Waals surface area contributed by atoms with Gasteiger partial charge in [-0.25, -0.2) is 4.39 Å². The van der Waals surface area contributed by atoms with Gasteiger partial charge in [0, 0.05) is 22.8 Å². The molecule has 0 amide bonds. The van der Waals surface area contributed by atoms with Crippen LogP contribution in [-0.4, -0.2) is 29.4 Å². The molecular weight excluding hydrogens is 328 g/mol. The first-order valence-electron chi connectivity index (χ1n) is 6.59. The first-order valence-corrected chi connectivity index (χ1v) is 7.51. The fourth-order valence-electron chi connectivity index (χ4n) is 1.93. The van der Waals surface area contributed by atoms with E-state index in [-0.39, 0.29) is 23.6 Å². The molecule has 2 N–H and O–H groups in total. The molecule has 0 aliphatic carbocycles. The van der Waals surface area contributed by atoms with E-state index < -0.39 is 17.7 Å². The Kier molecular flexibility index (Phi) is 5.77. The lowest BCUT2D eigenvalue weighted by Gasteiger charge is -2.14. The van der Waals surface area contributed by atoms with Gasteiger partial charge in [-0.15, -0.1) is 11.6 Å². The number of nitrogens with one attached hydrogen (secondary N) is 1. The highest BCUT2D eigenvalue weighted by molar-refractivity contribution is 6.31. The molecular formula is C16H14Cl2FNO2. The Morgan fingerprint density at radius 3 is 2.64 bits per heavy atom. The summed E-state index contributed by atoms with van der Waals surface area (Å²) in [6, 6.07) is 10.4. The van der Waals surface area contributed by atoms with Crippen molar-refractivity contribution >= 4 is 34.7 Å². The molecule has 0 aromatic heterocycles. The van der Waals surface area contributed by atoms with Gasteiger partial charge in [0.1, 0.15) is 5.82 Å². The summed E-state index contributed by atoms with van der Waals surface area (Å²) in [5, 5.41) is 12.8. The first-order chi connectivity index (χ1) is 10.5. The lowest BCUT2D eigenvalue weighted by atomic mass is 10.0. The summed E-state index contributed by atoms with van der Waals surface area (Å²) in [7, 11) is 0. The predicted molar refractivity (Wildman–Crippen MR) is 86.5 cm³/mol. The molecule has 6 heteroatoms. The maximum Gasteiger partial charge on any atom is 0.198 e. The van der Waals surface area contributed by atoms with Crippen molar-refractivity contribution in [2.75, 3.05) is 17.7 Å². The van der Waals surface area contributed by atoms with Gasteiger partial charge in [-0.3, -0.25) is 4.79 Å². The highest BCUT2D eigenvalue weighted by atomic mass is 35.5. The Morgan fingerprint density at radius 1 is 1.23 bits per heavy atom. The Morgan fingerprint density at radius 2 is 1.95 bits per heavy atom. The highest BCUT2D eigenvalue weighted by Gasteiger charge is 2.18. The molecule has 3 nitrogen and oxygen atoms in total. The van der Waals surface area contributed by atoms with Crippen LogP contribution in [0.2, 0.25) is 5.02 Å². The van der Waals surface area contributed by atoms with Crippen molar-refractivity contribution in [2.24, 2.45) is 0 Å². The number of benzene rings is 2. The summed E-state index contributed by atoms with van der Waals surface area (Å²) >= 11 is 11.5. The second kappa shape index (κ2) is 7.58. The Hall–Kier alpha value is -1.62.